The summed E-state index contributed by atoms with van der Waals surface area (Å²) in [6.07, 6.45) is 0.176. The van der Waals surface area contributed by atoms with Crippen LogP contribution in [0.25, 0.3) is 0 Å². The molecule has 3 heteroatoms. The summed E-state index contributed by atoms with van der Waals surface area (Å²) in [6.45, 7) is 0.590. The number of rotatable bonds is 3. The fourth-order valence-electron chi connectivity index (χ4n) is 3.40. The van der Waals surface area contributed by atoms with Crippen molar-refractivity contribution in [2.24, 2.45) is 0 Å². The largest absolute Gasteiger partial charge is 0.392 e. The van der Waals surface area contributed by atoms with Gasteiger partial charge in [0.2, 0.25) is 0 Å². The number of benzene rings is 2. The van der Waals surface area contributed by atoms with E-state index in [2.05, 4.69) is 0 Å². The minimum Gasteiger partial charge on any atom is -0.392 e. The van der Waals surface area contributed by atoms with Crippen LogP contribution >= 0.6 is 0 Å². The number of nitrogens with zero attached hydrogens (tertiary/aromatic N) is 1. The highest BCUT2D eigenvalue weighted by atomic mass is 16.3. The number of hydrogen-bond donors (Lipinski definition) is 2. The summed E-state index contributed by atoms with van der Waals surface area (Å²) in [4.78, 5) is 2.05. The smallest absolute Gasteiger partial charge is 0.130 e. The molecule has 1 aliphatic heterocycles. The first-order valence-corrected chi connectivity index (χ1v) is 7.34. The zero-order valence-corrected chi connectivity index (χ0v) is 12.2. The molecule has 0 spiro atoms. The molecule has 2 aromatic carbocycles. The molecule has 0 aromatic heterocycles. The predicted octanol–water partition coefficient (Wildman–Crippen LogP) is 1.99. The van der Waals surface area contributed by atoms with Gasteiger partial charge in [-0.1, -0.05) is 60.7 Å². The van der Waals surface area contributed by atoms with E-state index in [9.17, 15) is 10.2 Å². The molecule has 1 aliphatic rings. The second-order valence-corrected chi connectivity index (χ2v) is 5.84. The third kappa shape index (κ3) is 2.48. The van der Waals surface area contributed by atoms with Crippen molar-refractivity contribution in [3.05, 3.63) is 71.8 Å². The van der Waals surface area contributed by atoms with Crippen LogP contribution in [0.2, 0.25) is 0 Å². The Labute approximate surface area is 125 Å². The molecule has 1 heterocycles. The van der Waals surface area contributed by atoms with E-state index in [1.165, 1.54) is 0 Å². The summed E-state index contributed by atoms with van der Waals surface area (Å²) in [5.41, 5.74) is 0.610. The number of hydrogen-bond acceptors (Lipinski definition) is 3. The number of β-amino-alcohol motifs (C(OH)–C–C–N with tert-alkyl or cyclic N) is 1. The van der Waals surface area contributed by atoms with Gasteiger partial charge in [-0.05, 0) is 24.6 Å². The van der Waals surface area contributed by atoms with Crippen molar-refractivity contribution >= 4 is 0 Å². The van der Waals surface area contributed by atoms with E-state index < -0.39 is 5.60 Å². The van der Waals surface area contributed by atoms with Crippen LogP contribution in [0.4, 0.5) is 0 Å². The van der Waals surface area contributed by atoms with Crippen molar-refractivity contribution in [3.8, 4) is 0 Å². The molecule has 0 bridgehead atoms. The highest BCUT2D eigenvalue weighted by Crippen LogP contribution is 2.39. The second kappa shape index (κ2) is 5.60. The van der Waals surface area contributed by atoms with Crippen LogP contribution in [0.1, 0.15) is 17.5 Å². The van der Waals surface area contributed by atoms with E-state index in [4.69, 9.17) is 0 Å². The Bertz CT molecular complexity index is 545. The molecule has 2 N–H and O–H groups in total. The molecule has 1 fully saturated rings. The lowest BCUT2D eigenvalue weighted by atomic mass is 9.79. The average molecular weight is 283 g/mol. The number of aliphatic hydroxyl groups excluding tert-OH is 1. The molecular weight excluding hydrogens is 262 g/mol. The van der Waals surface area contributed by atoms with Gasteiger partial charge >= 0.3 is 0 Å². The quantitative estimate of drug-likeness (QED) is 0.905. The monoisotopic (exact) mass is 283 g/mol. The molecule has 0 saturated carbocycles. The van der Waals surface area contributed by atoms with E-state index in [0.717, 1.165) is 11.1 Å². The van der Waals surface area contributed by atoms with Gasteiger partial charge in [0.05, 0.1) is 6.10 Å². The van der Waals surface area contributed by atoms with Crippen molar-refractivity contribution in [2.45, 2.75) is 24.2 Å². The zero-order valence-electron chi connectivity index (χ0n) is 12.2. The highest BCUT2D eigenvalue weighted by molar-refractivity contribution is 5.38. The molecular formula is C18H21NO2. The number of likely N-dealkylation sites (tertiary alicyclic amines) is 1. The van der Waals surface area contributed by atoms with Gasteiger partial charge in [-0.3, -0.25) is 4.90 Å². The SMILES string of the molecule is CN1C[C@H](O)C[C@H]1C(O)(c1ccccc1)c1ccccc1. The average Bonchev–Trinajstić information content (AvgIpc) is 2.87. The molecule has 110 valence electrons. The maximum absolute atomic E-state index is 11.6. The Morgan fingerprint density at radius 3 is 1.81 bits per heavy atom. The van der Waals surface area contributed by atoms with Gasteiger partial charge in [-0.2, -0.15) is 0 Å². The fourth-order valence-corrected chi connectivity index (χ4v) is 3.40. The lowest BCUT2D eigenvalue weighted by molar-refractivity contribution is 0.00399. The van der Waals surface area contributed by atoms with Crippen LogP contribution < -0.4 is 0 Å². The molecule has 0 aliphatic carbocycles. The van der Waals surface area contributed by atoms with Crippen LogP contribution in [0.15, 0.2) is 60.7 Å². The van der Waals surface area contributed by atoms with E-state index >= 15 is 0 Å². The summed E-state index contributed by atoms with van der Waals surface area (Å²) in [5.74, 6) is 0. The Balaban J connectivity index is 2.12. The molecule has 0 unspecified atom stereocenters. The topological polar surface area (TPSA) is 43.7 Å². The van der Waals surface area contributed by atoms with Crippen molar-refractivity contribution in [1.82, 2.24) is 4.90 Å². The van der Waals surface area contributed by atoms with Gasteiger partial charge < -0.3 is 10.2 Å². The highest BCUT2D eigenvalue weighted by Gasteiger charge is 2.46. The first kappa shape index (κ1) is 14.3. The predicted molar refractivity (Wildman–Crippen MR) is 82.9 cm³/mol. The Morgan fingerprint density at radius 1 is 0.952 bits per heavy atom. The first-order chi connectivity index (χ1) is 10.1. The minimum atomic E-state index is -1.12. The van der Waals surface area contributed by atoms with E-state index in [1.807, 2.05) is 72.6 Å². The van der Waals surface area contributed by atoms with Gasteiger partial charge in [-0.25, -0.2) is 0 Å². The van der Waals surface area contributed by atoms with Crippen LogP contribution in [0.3, 0.4) is 0 Å². The fraction of sp³-hybridized carbons (Fsp3) is 0.333. The molecule has 21 heavy (non-hydrogen) atoms. The second-order valence-electron chi connectivity index (χ2n) is 5.84. The molecule has 0 radical (unpaired) electrons. The van der Waals surface area contributed by atoms with E-state index in [0.29, 0.717) is 13.0 Å². The van der Waals surface area contributed by atoms with Crippen molar-refractivity contribution in [3.63, 3.8) is 0 Å². The molecule has 2 atom stereocenters. The van der Waals surface area contributed by atoms with Crippen molar-refractivity contribution in [2.75, 3.05) is 13.6 Å². The third-order valence-electron chi connectivity index (χ3n) is 4.44. The molecule has 3 rings (SSSR count). The summed E-state index contributed by atoms with van der Waals surface area (Å²) >= 11 is 0. The summed E-state index contributed by atoms with van der Waals surface area (Å²) in [7, 11) is 1.96. The van der Waals surface area contributed by atoms with Crippen molar-refractivity contribution in [1.29, 1.82) is 0 Å². The van der Waals surface area contributed by atoms with E-state index in [-0.39, 0.29) is 12.1 Å². The molecule has 3 nitrogen and oxygen atoms in total. The summed E-state index contributed by atoms with van der Waals surface area (Å²) in [6, 6.07) is 19.3. The molecule has 0 amide bonds. The van der Waals surface area contributed by atoms with Crippen LogP contribution in [-0.2, 0) is 5.60 Å². The lowest BCUT2D eigenvalue weighted by Crippen LogP contribution is -2.46. The maximum Gasteiger partial charge on any atom is 0.130 e. The van der Waals surface area contributed by atoms with Gasteiger partial charge in [0.15, 0.2) is 0 Å². The van der Waals surface area contributed by atoms with E-state index in [1.54, 1.807) is 0 Å². The number of likely N-dealkylation sites (N-methyl/N-ethyl adjacent to an activating group) is 1. The van der Waals surface area contributed by atoms with Crippen LogP contribution in [-0.4, -0.2) is 40.9 Å². The van der Waals surface area contributed by atoms with Gasteiger partial charge in [-0.15, -0.1) is 0 Å². The van der Waals surface area contributed by atoms with Crippen LogP contribution in [0.5, 0.6) is 0 Å². The van der Waals surface area contributed by atoms with Crippen molar-refractivity contribution < 1.29 is 10.2 Å². The first-order valence-electron chi connectivity index (χ1n) is 7.34. The lowest BCUT2D eigenvalue weighted by Gasteiger charge is -2.38. The molecule has 2 aromatic rings. The van der Waals surface area contributed by atoms with Gasteiger partial charge in [0.1, 0.15) is 5.60 Å². The summed E-state index contributed by atoms with van der Waals surface area (Å²) < 4.78 is 0. The van der Waals surface area contributed by atoms with Gasteiger partial charge in [0.25, 0.3) is 0 Å². The minimum absolute atomic E-state index is 0.141. The Kier molecular flexibility index (Phi) is 3.81. The maximum atomic E-state index is 11.6. The molecule has 1 saturated heterocycles. The summed E-state index contributed by atoms with van der Waals surface area (Å²) in [5, 5.41) is 21.6. The third-order valence-corrected chi connectivity index (χ3v) is 4.44. The number of aliphatic hydroxyl groups is 2. The Hall–Kier alpha value is -1.68. The van der Waals surface area contributed by atoms with Gasteiger partial charge in [0, 0.05) is 12.6 Å². The Morgan fingerprint density at radius 2 is 1.43 bits per heavy atom. The zero-order chi connectivity index (χ0) is 14.9. The normalized spacial score (nSPS) is 23.4. The standard InChI is InChI=1S/C18H21NO2/c1-19-13-16(20)12-17(19)18(21,14-8-4-2-5-9-14)15-10-6-3-7-11-15/h2-11,16-17,20-21H,12-13H2,1H3/t16-,17+/m1/s1. The van der Waals surface area contributed by atoms with Crippen LogP contribution in [0, 0.1) is 0 Å².